The van der Waals surface area contributed by atoms with Crippen molar-refractivity contribution in [1.82, 2.24) is 26.0 Å². The number of likely N-dealkylation sites (tertiary alicyclic amines) is 1. The highest BCUT2D eigenvalue weighted by Gasteiger charge is 2.37. The number of urea groups is 1. The summed E-state index contributed by atoms with van der Waals surface area (Å²) in [6.45, 7) is 3.24. The second kappa shape index (κ2) is 13.5. The molecule has 0 unspecified atom stereocenters. The highest BCUT2D eigenvalue weighted by Crippen LogP contribution is 2.22. The molecule has 1 aliphatic rings. The molecule has 2 aromatic heterocycles. The Bertz CT molecular complexity index is 1540. The lowest BCUT2D eigenvalue weighted by molar-refractivity contribution is -0.135. The van der Waals surface area contributed by atoms with Crippen LogP contribution in [0.3, 0.4) is 0 Å². The first kappa shape index (κ1) is 29.0. The number of hydrogen-bond acceptors (Lipinski definition) is 7. The number of ether oxygens (including phenoxy) is 1. The molecule has 11 heteroatoms. The summed E-state index contributed by atoms with van der Waals surface area (Å²) in [4.78, 5) is 45.6. The van der Waals surface area contributed by atoms with E-state index in [9.17, 15) is 19.6 Å². The molecular formula is C31H33N5O5S. The first-order chi connectivity index (χ1) is 20.4. The van der Waals surface area contributed by atoms with Crippen LogP contribution in [0.15, 0.2) is 72.1 Å². The lowest BCUT2D eigenvalue weighted by Gasteiger charge is -2.37. The molecule has 218 valence electrons. The highest BCUT2D eigenvalue weighted by atomic mass is 32.1. The average molecular weight is 588 g/mol. The molecule has 1 fully saturated rings. The lowest BCUT2D eigenvalue weighted by Crippen LogP contribution is -2.58. The fourth-order valence-corrected chi connectivity index (χ4v) is 5.88. The van der Waals surface area contributed by atoms with Crippen LogP contribution in [-0.4, -0.2) is 58.6 Å². The Morgan fingerprint density at radius 1 is 1.10 bits per heavy atom. The Kier molecular flexibility index (Phi) is 9.30. The van der Waals surface area contributed by atoms with Gasteiger partial charge in [-0.05, 0) is 67.6 Å². The normalized spacial score (nSPS) is 16.6. The van der Waals surface area contributed by atoms with E-state index in [1.165, 1.54) is 4.88 Å². The van der Waals surface area contributed by atoms with Gasteiger partial charge in [-0.3, -0.25) is 19.8 Å². The van der Waals surface area contributed by atoms with Crippen molar-refractivity contribution in [2.75, 3.05) is 19.6 Å². The number of carbonyl (C=O) groups excluding carboxylic acids is 3. The quantitative estimate of drug-likeness (QED) is 0.172. The number of aromatic nitrogens is 1. The number of hydroxylamine groups is 1. The van der Waals surface area contributed by atoms with E-state index in [0.717, 1.165) is 28.6 Å². The summed E-state index contributed by atoms with van der Waals surface area (Å²) < 4.78 is 6.01. The number of pyridine rings is 1. The first-order valence-corrected chi connectivity index (χ1v) is 14.7. The van der Waals surface area contributed by atoms with Crippen molar-refractivity contribution in [1.29, 1.82) is 0 Å². The van der Waals surface area contributed by atoms with Gasteiger partial charge < -0.3 is 20.3 Å². The van der Waals surface area contributed by atoms with Gasteiger partial charge in [0.05, 0.1) is 17.5 Å². The van der Waals surface area contributed by atoms with Crippen molar-refractivity contribution in [3.8, 4) is 5.75 Å². The fourth-order valence-electron chi connectivity index (χ4n) is 5.17. The van der Waals surface area contributed by atoms with E-state index in [-0.39, 0.29) is 12.6 Å². The molecule has 5 rings (SSSR count). The number of nitrogens with zero attached hydrogens (tertiary/aromatic N) is 2. The molecule has 0 aliphatic carbocycles. The van der Waals surface area contributed by atoms with Crippen molar-refractivity contribution >= 4 is 40.1 Å². The van der Waals surface area contributed by atoms with E-state index in [0.29, 0.717) is 37.4 Å². The van der Waals surface area contributed by atoms with Gasteiger partial charge >= 0.3 is 6.03 Å². The van der Waals surface area contributed by atoms with Crippen LogP contribution in [0.25, 0.3) is 10.9 Å². The van der Waals surface area contributed by atoms with Gasteiger partial charge in [-0.15, -0.1) is 11.3 Å². The van der Waals surface area contributed by atoms with Crippen LogP contribution in [0.4, 0.5) is 4.79 Å². The Balaban J connectivity index is 1.19. The summed E-state index contributed by atoms with van der Waals surface area (Å²) in [6.07, 6.45) is 1.02. The van der Waals surface area contributed by atoms with Gasteiger partial charge in [0, 0.05) is 46.7 Å². The van der Waals surface area contributed by atoms with Crippen molar-refractivity contribution in [3.05, 3.63) is 93.8 Å². The molecule has 0 radical (unpaired) electrons. The number of benzene rings is 2. The molecule has 2 atom stereocenters. The van der Waals surface area contributed by atoms with Gasteiger partial charge in [0.15, 0.2) is 0 Å². The highest BCUT2D eigenvalue weighted by molar-refractivity contribution is 7.09. The Morgan fingerprint density at radius 3 is 2.67 bits per heavy atom. The van der Waals surface area contributed by atoms with Gasteiger partial charge in [-0.1, -0.05) is 24.3 Å². The number of amides is 4. The van der Waals surface area contributed by atoms with Crippen LogP contribution >= 0.6 is 11.3 Å². The summed E-state index contributed by atoms with van der Waals surface area (Å²) >= 11 is 1.63. The number of nitrogens with one attached hydrogen (secondary N) is 3. The molecule has 4 N–H and O–H groups in total. The molecule has 0 bridgehead atoms. The molecule has 1 aliphatic heterocycles. The molecule has 2 aromatic carbocycles. The number of fused-ring (bicyclic) bond motifs is 1. The first-order valence-electron chi connectivity index (χ1n) is 13.8. The largest absolute Gasteiger partial charge is 0.489 e. The zero-order valence-corrected chi connectivity index (χ0v) is 24.0. The van der Waals surface area contributed by atoms with Crippen LogP contribution in [0.5, 0.6) is 5.75 Å². The third-order valence-corrected chi connectivity index (χ3v) is 8.27. The van der Waals surface area contributed by atoms with E-state index in [2.05, 4.69) is 15.6 Å². The third kappa shape index (κ3) is 7.04. The van der Waals surface area contributed by atoms with Crippen molar-refractivity contribution < 1.29 is 24.3 Å². The number of piperidine rings is 1. The summed E-state index contributed by atoms with van der Waals surface area (Å²) in [6, 6.07) is 19.7. The van der Waals surface area contributed by atoms with Crippen molar-refractivity contribution in [3.63, 3.8) is 0 Å². The maximum absolute atomic E-state index is 13.2. The van der Waals surface area contributed by atoms with Crippen LogP contribution in [0, 0.1) is 12.8 Å². The maximum atomic E-state index is 13.2. The molecule has 3 heterocycles. The maximum Gasteiger partial charge on any atom is 0.317 e. The lowest BCUT2D eigenvalue weighted by atomic mass is 9.90. The van der Waals surface area contributed by atoms with Crippen LogP contribution in [-0.2, 0) is 17.8 Å². The van der Waals surface area contributed by atoms with Gasteiger partial charge in [0.2, 0.25) is 5.91 Å². The van der Waals surface area contributed by atoms with Crippen LogP contribution in [0.1, 0.15) is 32.9 Å². The third-order valence-electron chi connectivity index (χ3n) is 7.33. The fraction of sp³-hybridized carbons (Fsp3) is 0.290. The van der Waals surface area contributed by atoms with Gasteiger partial charge in [0.1, 0.15) is 12.4 Å². The predicted molar refractivity (Wildman–Crippen MR) is 160 cm³/mol. The smallest absolute Gasteiger partial charge is 0.317 e. The number of hydrogen-bond donors (Lipinski definition) is 4. The zero-order chi connectivity index (χ0) is 29.5. The van der Waals surface area contributed by atoms with Crippen molar-refractivity contribution in [2.45, 2.75) is 32.4 Å². The monoisotopic (exact) mass is 587 g/mol. The van der Waals surface area contributed by atoms with E-state index in [1.54, 1.807) is 46.0 Å². The van der Waals surface area contributed by atoms with E-state index >= 15 is 0 Å². The molecule has 0 saturated carbocycles. The standard InChI is InChI=1S/C31H33N5O5S/c1-20-17-22(25-6-2-3-7-27(25)33-20)19-41-23-10-8-21(9-11-23)29(37)34-28-18-36(15-13-26(28)30(38)35-40)31(39)32-14-12-24-5-4-16-42-24/h2-11,16-17,26,28,40H,12-15,18-19H2,1H3,(H,32,39)(H,34,37)(H,35,38)/t26-,28+/m0/s1. The summed E-state index contributed by atoms with van der Waals surface area (Å²) in [5, 5.41) is 18.1. The Morgan fingerprint density at radius 2 is 1.90 bits per heavy atom. The van der Waals surface area contributed by atoms with E-state index in [1.807, 2.05) is 54.8 Å². The number of thiophene rings is 1. The van der Waals surface area contributed by atoms with Gasteiger partial charge in [-0.25, -0.2) is 10.3 Å². The number of para-hydroxylation sites is 1. The molecule has 1 saturated heterocycles. The summed E-state index contributed by atoms with van der Waals surface area (Å²) in [5.74, 6) is -1.07. The SMILES string of the molecule is Cc1cc(COc2ccc(C(=O)N[C@@H]3CN(C(=O)NCCc4cccs4)CC[C@@H]3C(=O)NO)cc2)c2ccccc2n1. The topological polar surface area (TPSA) is 133 Å². The second-order valence-corrected chi connectivity index (χ2v) is 11.2. The molecule has 0 spiro atoms. The van der Waals surface area contributed by atoms with Gasteiger partial charge in [0.25, 0.3) is 5.91 Å². The zero-order valence-electron chi connectivity index (χ0n) is 23.2. The summed E-state index contributed by atoms with van der Waals surface area (Å²) in [7, 11) is 0. The van der Waals surface area contributed by atoms with Gasteiger partial charge in [-0.2, -0.15) is 0 Å². The number of aryl methyl sites for hydroxylation is 1. The molecule has 4 amide bonds. The number of carbonyl (C=O) groups is 3. The molecular weight excluding hydrogens is 554 g/mol. The minimum atomic E-state index is -0.685. The molecule has 10 nitrogen and oxygen atoms in total. The van der Waals surface area contributed by atoms with Crippen LogP contribution < -0.4 is 20.9 Å². The van der Waals surface area contributed by atoms with Crippen molar-refractivity contribution in [2.24, 2.45) is 5.92 Å². The Hall–Kier alpha value is -4.48. The van der Waals surface area contributed by atoms with Crippen LogP contribution in [0.2, 0.25) is 0 Å². The number of rotatable bonds is 9. The molecule has 4 aromatic rings. The second-order valence-electron chi connectivity index (χ2n) is 10.2. The predicted octanol–water partition coefficient (Wildman–Crippen LogP) is 4.06. The Labute approximate surface area is 247 Å². The van der Waals surface area contributed by atoms with E-state index < -0.39 is 23.8 Å². The molecule has 42 heavy (non-hydrogen) atoms. The minimum absolute atomic E-state index is 0.134. The van der Waals surface area contributed by atoms with E-state index in [4.69, 9.17) is 4.74 Å². The average Bonchev–Trinajstić information content (AvgIpc) is 3.53. The summed E-state index contributed by atoms with van der Waals surface area (Å²) in [5.41, 5.74) is 4.91. The minimum Gasteiger partial charge on any atom is -0.489 e.